The van der Waals surface area contributed by atoms with E-state index in [1.165, 1.54) is 4.57 Å². The Labute approximate surface area is 120 Å². The summed E-state index contributed by atoms with van der Waals surface area (Å²) >= 11 is 0. The SMILES string of the molecule is O=C(Nc1ccc2c(c1)OCO2)n1cc2ccccc2c1. The van der Waals surface area contributed by atoms with Crippen molar-refractivity contribution in [2.24, 2.45) is 0 Å². The van der Waals surface area contributed by atoms with Crippen molar-refractivity contribution in [2.45, 2.75) is 0 Å². The summed E-state index contributed by atoms with van der Waals surface area (Å²) in [5.41, 5.74) is 0.669. The second-order valence-corrected chi connectivity index (χ2v) is 4.79. The van der Waals surface area contributed by atoms with Crippen LogP contribution in [0.3, 0.4) is 0 Å². The predicted molar refractivity (Wildman–Crippen MR) is 78.9 cm³/mol. The molecule has 0 fully saturated rings. The van der Waals surface area contributed by atoms with E-state index >= 15 is 0 Å². The van der Waals surface area contributed by atoms with E-state index in [1.807, 2.05) is 24.3 Å². The molecule has 0 radical (unpaired) electrons. The van der Waals surface area contributed by atoms with E-state index in [1.54, 1.807) is 30.6 Å². The zero-order valence-corrected chi connectivity index (χ0v) is 11.1. The fourth-order valence-electron chi connectivity index (χ4n) is 2.36. The van der Waals surface area contributed by atoms with Gasteiger partial charge in [-0.3, -0.25) is 4.57 Å². The maximum absolute atomic E-state index is 12.3. The third kappa shape index (κ3) is 2.08. The molecule has 0 bridgehead atoms. The molecule has 0 aliphatic carbocycles. The van der Waals surface area contributed by atoms with Gasteiger partial charge in [-0.25, -0.2) is 4.79 Å². The van der Waals surface area contributed by atoms with Crippen LogP contribution < -0.4 is 14.8 Å². The number of fused-ring (bicyclic) bond motifs is 2. The topological polar surface area (TPSA) is 52.5 Å². The molecule has 1 aliphatic rings. The summed E-state index contributed by atoms with van der Waals surface area (Å²) in [6.07, 6.45) is 3.61. The number of carbonyl (C=O) groups is 1. The zero-order valence-electron chi connectivity index (χ0n) is 11.1. The van der Waals surface area contributed by atoms with Crippen LogP contribution in [0.1, 0.15) is 0 Å². The summed E-state index contributed by atoms with van der Waals surface area (Å²) < 4.78 is 12.1. The summed E-state index contributed by atoms with van der Waals surface area (Å²) in [6, 6.07) is 12.9. The fourth-order valence-corrected chi connectivity index (χ4v) is 2.36. The minimum atomic E-state index is -0.218. The van der Waals surface area contributed by atoms with Gasteiger partial charge in [-0.15, -0.1) is 0 Å². The van der Waals surface area contributed by atoms with Crippen molar-refractivity contribution in [3.63, 3.8) is 0 Å². The lowest BCUT2D eigenvalue weighted by molar-refractivity contribution is 0.174. The van der Waals surface area contributed by atoms with Gasteiger partial charge in [0.05, 0.1) is 0 Å². The average molecular weight is 280 g/mol. The Hall–Kier alpha value is -2.95. The van der Waals surface area contributed by atoms with Crippen LogP contribution in [-0.4, -0.2) is 17.4 Å². The molecule has 5 heteroatoms. The molecule has 0 spiro atoms. The maximum Gasteiger partial charge on any atom is 0.329 e. The maximum atomic E-state index is 12.3. The van der Waals surface area contributed by atoms with Crippen LogP contribution in [0.15, 0.2) is 54.9 Å². The van der Waals surface area contributed by atoms with Crippen molar-refractivity contribution in [1.29, 1.82) is 0 Å². The van der Waals surface area contributed by atoms with Crippen molar-refractivity contribution in [2.75, 3.05) is 12.1 Å². The Bertz CT molecular complexity index is 805. The quantitative estimate of drug-likeness (QED) is 0.742. The highest BCUT2D eigenvalue weighted by Gasteiger charge is 2.14. The largest absolute Gasteiger partial charge is 0.454 e. The van der Waals surface area contributed by atoms with Crippen molar-refractivity contribution in [3.8, 4) is 11.5 Å². The number of amides is 1. The fraction of sp³-hybridized carbons (Fsp3) is 0.0625. The van der Waals surface area contributed by atoms with Crippen molar-refractivity contribution in [1.82, 2.24) is 4.57 Å². The molecule has 0 unspecified atom stereocenters. The monoisotopic (exact) mass is 280 g/mol. The molecule has 2 heterocycles. The van der Waals surface area contributed by atoms with Gasteiger partial charge in [-0.05, 0) is 22.9 Å². The first-order valence-electron chi connectivity index (χ1n) is 6.57. The van der Waals surface area contributed by atoms with Gasteiger partial charge in [0, 0.05) is 24.1 Å². The van der Waals surface area contributed by atoms with Crippen LogP contribution in [0.4, 0.5) is 10.5 Å². The minimum Gasteiger partial charge on any atom is -0.454 e. The molecule has 21 heavy (non-hydrogen) atoms. The molecule has 1 amide bonds. The van der Waals surface area contributed by atoms with Gasteiger partial charge in [0.2, 0.25) is 6.79 Å². The van der Waals surface area contributed by atoms with Crippen LogP contribution in [0.25, 0.3) is 10.8 Å². The molecule has 0 saturated carbocycles. The van der Waals surface area contributed by atoms with Crippen molar-refractivity contribution < 1.29 is 14.3 Å². The average Bonchev–Trinajstić information content (AvgIpc) is 3.13. The Balaban J connectivity index is 1.60. The Morgan fingerprint density at radius 1 is 1.00 bits per heavy atom. The summed E-state index contributed by atoms with van der Waals surface area (Å²) in [4.78, 5) is 12.3. The normalized spacial score (nSPS) is 12.6. The van der Waals surface area contributed by atoms with Gasteiger partial charge in [0.15, 0.2) is 11.5 Å². The van der Waals surface area contributed by atoms with E-state index in [0.717, 1.165) is 10.8 Å². The predicted octanol–water partition coefficient (Wildman–Crippen LogP) is 3.45. The highest BCUT2D eigenvalue weighted by Crippen LogP contribution is 2.34. The van der Waals surface area contributed by atoms with Gasteiger partial charge in [0.1, 0.15) is 0 Å². The third-order valence-electron chi connectivity index (χ3n) is 3.41. The zero-order chi connectivity index (χ0) is 14.2. The van der Waals surface area contributed by atoms with Crippen LogP contribution in [0.5, 0.6) is 11.5 Å². The van der Waals surface area contributed by atoms with Gasteiger partial charge < -0.3 is 14.8 Å². The Morgan fingerprint density at radius 2 is 1.71 bits per heavy atom. The summed E-state index contributed by atoms with van der Waals surface area (Å²) in [5.74, 6) is 1.34. The first-order chi connectivity index (χ1) is 10.3. The van der Waals surface area contributed by atoms with E-state index < -0.39 is 0 Å². The number of aromatic nitrogens is 1. The Morgan fingerprint density at radius 3 is 2.48 bits per heavy atom. The number of nitrogens with zero attached hydrogens (tertiary/aromatic N) is 1. The van der Waals surface area contributed by atoms with Gasteiger partial charge in [-0.1, -0.05) is 24.3 Å². The molecule has 0 saturated heterocycles. The van der Waals surface area contributed by atoms with E-state index in [-0.39, 0.29) is 12.8 Å². The Kier molecular flexibility index (Phi) is 2.57. The number of rotatable bonds is 1. The number of ether oxygens (including phenoxy) is 2. The molecule has 2 aromatic carbocycles. The number of hydrogen-bond acceptors (Lipinski definition) is 3. The molecule has 1 aromatic heterocycles. The molecule has 3 aromatic rings. The smallest absolute Gasteiger partial charge is 0.329 e. The molecular formula is C16H12N2O3. The number of anilines is 1. The molecule has 4 rings (SSSR count). The van der Waals surface area contributed by atoms with Crippen LogP contribution in [-0.2, 0) is 0 Å². The van der Waals surface area contributed by atoms with E-state index in [0.29, 0.717) is 17.2 Å². The van der Waals surface area contributed by atoms with Gasteiger partial charge in [-0.2, -0.15) is 0 Å². The summed E-state index contributed by atoms with van der Waals surface area (Å²) in [5, 5.41) is 4.89. The van der Waals surface area contributed by atoms with E-state index in [2.05, 4.69) is 5.32 Å². The van der Waals surface area contributed by atoms with Gasteiger partial charge >= 0.3 is 6.03 Å². The lowest BCUT2D eigenvalue weighted by atomic mass is 10.2. The van der Waals surface area contributed by atoms with Crippen LogP contribution in [0.2, 0.25) is 0 Å². The third-order valence-corrected chi connectivity index (χ3v) is 3.41. The van der Waals surface area contributed by atoms with E-state index in [4.69, 9.17) is 9.47 Å². The first-order valence-corrected chi connectivity index (χ1v) is 6.57. The standard InChI is InChI=1S/C16H12N2O3/c19-16(18-8-11-3-1-2-4-12(11)9-18)17-13-5-6-14-15(7-13)21-10-20-14/h1-9H,10H2,(H,17,19). The molecule has 5 nitrogen and oxygen atoms in total. The highest BCUT2D eigenvalue weighted by atomic mass is 16.7. The lowest BCUT2D eigenvalue weighted by Crippen LogP contribution is -2.17. The number of hydrogen-bond donors (Lipinski definition) is 1. The number of carbonyl (C=O) groups excluding carboxylic acids is 1. The molecule has 0 atom stereocenters. The lowest BCUT2D eigenvalue weighted by Gasteiger charge is -2.06. The van der Waals surface area contributed by atoms with Gasteiger partial charge in [0.25, 0.3) is 0 Å². The summed E-state index contributed by atoms with van der Waals surface area (Å²) in [6.45, 7) is 0.218. The number of nitrogens with one attached hydrogen (secondary N) is 1. The van der Waals surface area contributed by atoms with Crippen LogP contribution in [0, 0.1) is 0 Å². The van der Waals surface area contributed by atoms with E-state index in [9.17, 15) is 4.79 Å². The molecule has 104 valence electrons. The molecular weight excluding hydrogens is 268 g/mol. The second kappa shape index (κ2) is 4.56. The highest BCUT2D eigenvalue weighted by molar-refractivity contribution is 5.95. The molecule has 1 N–H and O–H groups in total. The summed E-state index contributed by atoms with van der Waals surface area (Å²) in [7, 11) is 0. The van der Waals surface area contributed by atoms with Crippen LogP contribution >= 0.6 is 0 Å². The molecule has 1 aliphatic heterocycles. The minimum absolute atomic E-state index is 0.218. The van der Waals surface area contributed by atoms with Crippen molar-refractivity contribution in [3.05, 3.63) is 54.9 Å². The first kappa shape index (κ1) is 11.8. The second-order valence-electron chi connectivity index (χ2n) is 4.79. The van der Waals surface area contributed by atoms with Crippen molar-refractivity contribution >= 4 is 22.5 Å². The number of benzene rings is 2.